The van der Waals surface area contributed by atoms with E-state index in [0.29, 0.717) is 13.2 Å². The zero-order valence-electron chi connectivity index (χ0n) is 15.5. The van der Waals surface area contributed by atoms with Crippen molar-refractivity contribution in [2.45, 2.75) is 37.4 Å². The van der Waals surface area contributed by atoms with E-state index in [2.05, 4.69) is 21.7 Å². The summed E-state index contributed by atoms with van der Waals surface area (Å²) in [6.07, 6.45) is 6.25. The summed E-state index contributed by atoms with van der Waals surface area (Å²) in [5.41, 5.74) is 1.13. The molecule has 144 valence electrons. The van der Waals surface area contributed by atoms with Crippen molar-refractivity contribution in [3.05, 3.63) is 42.2 Å². The van der Waals surface area contributed by atoms with Gasteiger partial charge < -0.3 is 19.7 Å². The number of rotatable bonds is 5. The van der Waals surface area contributed by atoms with Gasteiger partial charge in [-0.2, -0.15) is 0 Å². The molecule has 1 N–H and O–H groups in total. The van der Waals surface area contributed by atoms with Gasteiger partial charge in [0.2, 0.25) is 0 Å². The Morgan fingerprint density at radius 1 is 1.37 bits per heavy atom. The van der Waals surface area contributed by atoms with E-state index in [-0.39, 0.29) is 24.2 Å². The van der Waals surface area contributed by atoms with Gasteiger partial charge in [0, 0.05) is 18.8 Å². The minimum Gasteiger partial charge on any atom is -0.496 e. The van der Waals surface area contributed by atoms with Gasteiger partial charge in [0.25, 0.3) is 0 Å². The van der Waals surface area contributed by atoms with Gasteiger partial charge in [-0.05, 0) is 30.9 Å². The van der Waals surface area contributed by atoms with Crippen LogP contribution >= 0.6 is 0 Å². The number of hydrogen-bond acceptors (Lipinski definition) is 5. The van der Waals surface area contributed by atoms with Crippen molar-refractivity contribution in [2.75, 3.05) is 26.9 Å². The van der Waals surface area contributed by atoms with Crippen molar-refractivity contribution in [3.63, 3.8) is 0 Å². The standard InChI is InChI=1S/C19H25N5O3/c1-26-18-7-3-2-5-14(18)11-15-6-4-9-23(15)19(25)21-16-12-27-13-17(16)24-10-8-20-22-24/h2-3,5,7-8,10,15-17H,4,6,9,11-13H2,1H3,(H,21,25)/t15?,16-,17+/m1/s1. The molecule has 0 radical (unpaired) electrons. The van der Waals surface area contributed by atoms with E-state index in [9.17, 15) is 4.79 Å². The van der Waals surface area contributed by atoms with E-state index in [4.69, 9.17) is 9.47 Å². The first-order valence-corrected chi connectivity index (χ1v) is 9.39. The van der Waals surface area contributed by atoms with Crippen molar-refractivity contribution < 1.29 is 14.3 Å². The highest BCUT2D eigenvalue weighted by molar-refractivity contribution is 5.75. The van der Waals surface area contributed by atoms with Crippen molar-refractivity contribution in [2.24, 2.45) is 0 Å². The van der Waals surface area contributed by atoms with Crippen LogP contribution in [0.4, 0.5) is 4.79 Å². The summed E-state index contributed by atoms with van der Waals surface area (Å²) in [6, 6.07) is 8.02. The molecule has 2 aromatic rings. The largest absolute Gasteiger partial charge is 0.496 e. The fourth-order valence-corrected chi connectivity index (χ4v) is 4.02. The lowest BCUT2D eigenvalue weighted by Crippen LogP contribution is -2.49. The number of amides is 2. The van der Waals surface area contributed by atoms with E-state index >= 15 is 0 Å². The van der Waals surface area contributed by atoms with Crippen LogP contribution in [0.25, 0.3) is 0 Å². The number of ether oxygens (including phenoxy) is 2. The van der Waals surface area contributed by atoms with Gasteiger partial charge in [-0.3, -0.25) is 0 Å². The molecule has 27 heavy (non-hydrogen) atoms. The first kappa shape index (κ1) is 17.8. The van der Waals surface area contributed by atoms with Crippen LogP contribution in [0.1, 0.15) is 24.4 Å². The topological polar surface area (TPSA) is 81.5 Å². The van der Waals surface area contributed by atoms with Gasteiger partial charge >= 0.3 is 6.03 Å². The molecule has 2 aliphatic rings. The molecule has 2 saturated heterocycles. The first-order chi connectivity index (χ1) is 13.3. The number of nitrogens with one attached hydrogen (secondary N) is 1. The Hall–Kier alpha value is -2.61. The van der Waals surface area contributed by atoms with Crippen molar-refractivity contribution in [1.82, 2.24) is 25.2 Å². The molecule has 0 bridgehead atoms. The Kier molecular flexibility index (Phi) is 5.24. The van der Waals surface area contributed by atoms with Gasteiger partial charge in [0.1, 0.15) is 5.75 Å². The van der Waals surface area contributed by atoms with Crippen LogP contribution in [0, 0.1) is 0 Å². The lowest BCUT2D eigenvalue weighted by molar-refractivity contribution is 0.174. The average Bonchev–Trinajstić information content (AvgIpc) is 3.43. The SMILES string of the molecule is COc1ccccc1CC1CCCN1C(=O)N[C@@H]1COC[C@@H]1n1ccnn1. The Morgan fingerprint density at radius 3 is 3.07 bits per heavy atom. The smallest absolute Gasteiger partial charge is 0.318 e. The lowest BCUT2D eigenvalue weighted by atomic mass is 10.0. The van der Waals surface area contributed by atoms with Crippen LogP contribution in [0.3, 0.4) is 0 Å². The van der Waals surface area contributed by atoms with Crippen LogP contribution in [0.5, 0.6) is 5.75 Å². The normalized spacial score (nSPS) is 24.9. The monoisotopic (exact) mass is 371 g/mol. The van der Waals surface area contributed by atoms with E-state index in [1.165, 1.54) is 0 Å². The zero-order chi connectivity index (χ0) is 18.6. The number of benzene rings is 1. The fraction of sp³-hybridized carbons (Fsp3) is 0.526. The van der Waals surface area contributed by atoms with Crippen molar-refractivity contribution in [3.8, 4) is 5.75 Å². The summed E-state index contributed by atoms with van der Waals surface area (Å²) in [5, 5.41) is 11.1. The third kappa shape index (κ3) is 3.75. The Balaban J connectivity index is 1.42. The quantitative estimate of drug-likeness (QED) is 0.864. The number of aromatic nitrogens is 3. The summed E-state index contributed by atoms with van der Waals surface area (Å²) < 4.78 is 12.8. The molecule has 1 aromatic heterocycles. The van der Waals surface area contributed by atoms with Crippen LogP contribution in [-0.2, 0) is 11.2 Å². The molecule has 3 atom stereocenters. The van der Waals surface area contributed by atoms with Gasteiger partial charge in [-0.1, -0.05) is 23.4 Å². The number of nitrogens with zero attached hydrogens (tertiary/aromatic N) is 4. The highest BCUT2D eigenvalue weighted by atomic mass is 16.5. The van der Waals surface area contributed by atoms with Gasteiger partial charge in [0.05, 0.1) is 38.6 Å². The van der Waals surface area contributed by atoms with E-state index in [0.717, 1.165) is 37.1 Å². The molecule has 8 nitrogen and oxygen atoms in total. The maximum atomic E-state index is 13.0. The second kappa shape index (κ2) is 7.96. The molecule has 2 fully saturated rings. The number of para-hydroxylation sites is 1. The van der Waals surface area contributed by atoms with E-state index in [1.807, 2.05) is 23.1 Å². The molecule has 1 unspecified atom stereocenters. The van der Waals surface area contributed by atoms with Gasteiger partial charge in [-0.25, -0.2) is 9.48 Å². The van der Waals surface area contributed by atoms with Crippen molar-refractivity contribution >= 4 is 6.03 Å². The minimum absolute atomic E-state index is 0.0216. The average molecular weight is 371 g/mol. The van der Waals surface area contributed by atoms with Crippen LogP contribution in [0.15, 0.2) is 36.7 Å². The molecule has 1 aromatic carbocycles. The first-order valence-electron chi connectivity index (χ1n) is 9.39. The maximum Gasteiger partial charge on any atom is 0.318 e. The highest BCUT2D eigenvalue weighted by Crippen LogP contribution is 2.27. The molecular formula is C19H25N5O3. The molecule has 0 saturated carbocycles. The fourth-order valence-electron chi connectivity index (χ4n) is 4.02. The Morgan fingerprint density at radius 2 is 2.26 bits per heavy atom. The van der Waals surface area contributed by atoms with Crippen LogP contribution in [0.2, 0.25) is 0 Å². The zero-order valence-corrected chi connectivity index (χ0v) is 15.5. The highest BCUT2D eigenvalue weighted by Gasteiger charge is 2.35. The molecule has 2 amide bonds. The van der Waals surface area contributed by atoms with Crippen LogP contribution < -0.4 is 10.1 Å². The number of carbonyl (C=O) groups is 1. The lowest BCUT2D eigenvalue weighted by Gasteiger charge is -2.28. The van der Waals surface area contributed by atoms with E-state index < -0.39 is 0 Å². The Bertz CT molecular complexity index is 766. The van der Waals surface area contributed by atoms with E-state index in [1.54, 1.807) is 24.2 Å². The molecular weight excluding hydrogens is 346 g/mol. The predicted molar refractivity (Wildman–Crippen MR) is 98.6 cm³/mol. The molecule has 3 heterocycles. The van der Waals surface area contributed by atoms with Crippen LogP contribution in [-0.4, -0.2) is 64.9 Å². The van der Waals surface area contributed by atoms with Crippen molar-refractivity contribution in [1.29, 1.82) is 0 Å². The molecule has 2 aliphatic heterocycles. The predicted octanol–water partition coefficient (Wildman–Crippen LogP) is 1.64. The number of methoxy groups -OCH3 is 1. The number of hydrogen-bond donors (Lipinski definition) is 1. The number of carbonyl (C=O) groups excluding carboxylic acids is 1. The summed E-state index contributed by atoms with van der Waals surface area (Å²) in [4.78, 5) is 14.9. The third-order valence-electron chi connectivity index (χ3n) is 5.43. The second-order valence-electron chi connectivity index (χ2n) is 7.05. The van der Waals surface area contributed by atoms with Gasteiger partial charge in [0.15, 0.2) is 0 Å². The Labute approximate surface area is 158 Å². The third-order valence-corrected chi connectivity index (χ3v) is 5.43. The molecule has 0 aliphatic carbocycles. The number of likely N-dealkylation sites (tertiary alicyclic amines) is 1. The summed E-state index contributed by atoms with van der Waals surface area (Å²) >= 11 is 0. The maximum absolute atomic E-state index is 13.0. The van der Waals surface area contributed by atoms with Gasteiger partial charge in [-0.15, -0.1) is 5.10 Å². The summed E-state index contributed by atoms with van der Waals surface area (Å²) in [7, 11) is 1.68. The molecule has 8 heteroatoms. The minimum atomic E-state index is -0.105. The number of urea groups is 1. The molecule has 0 spiro atoms. The summed E-state index contributed by atoms with van der Waals surface area (Å²) in [6.45, 7) is 1.79. The summed E-state index contributed by atoms with van der Waals surface area (Å²) in [5.74, 6) is 0.875. The second-order valence-corrected chi connectivity index (χ2v) is 7.05. The molecule has 4 rings (SSSR count).